The molecule has 1 aliphatic rings. The summed E-state index contributed by atoms with van der Waals surface area (Å²) in [6, 6.07) is 14.1. The maximum atomic E-state index is 12.9. The first-order valence-electron chi connectivity index (χ1n) is 9.17. The number of halogens is 1. The van der Waals surface area contributed by atoms with Crippen LogP contribution in [0.1, 0.15) is 48.5 Å². The number of amides is 2. The van der Waals surface area contributed by atoms with E-state index < -0.39 is 0 Å². The summed E-state index contributed by atoms with van der Waals surface area (Å²) < 4.78 is 0. The molecule has 6 heteroatoms. The van der Waals surface area contributed by atoms with Gasteiger partial charge in [-0.2, -0.15) is 5.10 Å². The van der Waals surface area contributed by atoms with Crippen molar-refractivity contribution in [1.82, 2.24) is 5.43 Å². The third kappa shape index (κ3) is 4.19. The van der Waals surface area contributed by atoms with Crippen LogP contribution in [-0.4, -0.2) is 24.1 Å². The third-order valence-corrected chi connectivity index (χ3v) is 4.81. The smallest absolute Gasteiger partial charge is 0.279 e. The molecule has 1 heterocycles. The zero-order chi connectivity index (χ0) is 19.2. The first kappa shape index (κ1) is 19.1. The molecule has 2 aromatic rings. The normalized spacial score (nSPS) is 14.5. The standard InChI is InChI=1S/C21H22ClN3O2/c1-2-3-4-8-14-25-19-16(12-9-13-17(19)22)18(21(25)27)23-24-20(26)15-10-6-5-7-11-15/h5-7,9-13H,2-4,8,14H2,1H3,(H,24,26)/b23-18-. The van der Waals surface area contributed by atoms with Crippen LogP contribution in [-0.2, 0) is 4.79 Å². The lowest BCUT2D eigenvalue weighted by Crippen LogP contribution is -2.32. The lowest BCUT2D eigenvalue weighted by molar-refractivity contribution is -0.112. The molecule has 2 amide bonds. The molecular formula is C21H22ClN3O2. The first-order chi connectivity index (χ1) is 13.1. The van der Waals surface area contributed by atoms with Crippen molar-refractivity contribution in [2.24, 2.45) is 5.10 Å². The van der Waals surface area contributed by atoms with Crippen molar-refractivity contribution < 1.29 is 9.59 Å². The van der Waals surface area contributed by atoms with Crippen molar-refractivity contribution in [2.45, 2.75) is 32.6 Å². The van der Waals surface area contributed by atoms with E-state index in [1.807, 2.05) is 6.07 Å². The van der Waals surface area contributed by atoms with Crippen LogP contribution in [0.5, 0.6) is 0 Å². The molecule has 0 saturated carbocycles. The topological polar surface area (TPSA) is 61.8 Å². The van der Waals surface area contributed by atoms with Gasteiger partial charge in [-0.3, -0.25) is 9.59 Å². The summed E-state index contributed by atoms with van der Waals surface area (Å²) in [5.41, 5.74) is 4.51. The molecule has 27 heavy (non-hydrogen) atoms. The summed E-state index contributed by atoms with van der Waals surface area (Å²) >= 11 is 6.36. The zero-order valence-corrected chi connectivity index (χ0v) is 16.0. The molecule has 0 fully saturated rings. The highest BCUT2D eigenvalue weighted by atomic mass is 35.5. The number of carbonyl (C=O) groups is 2. The number of unbranched alkanes of at least 4 members (excludes halogenated alkanes) is 3. The van der Waals surface area contributed by atoms with Gasteiger partial charge in [-0.15, -0.1) is 0 Å². The number of rotatable bonds is 7. The molecule has 0 aliphatic carbocycles. The second-order valence-electron chi connectivity index (χ2n) is 6.42. The number of para-hydroxylation sites is 1. The van der Waals surface area contributed by atoms with Gasteiger partial charge < -0.3 is 4.90 Å². The molecular weight excluding hydrogens is 362 g/mol. The Labute approximate surface area is 164 Å². The van der Waals surface area contributed by atoms with Crippen molar-refractivity contribution >= 4 is 34.8 Å². The fourth-order valence-electron chi connectivity index (χ4n) is 3.10. The second kappa shape index (κ2) is 8.82. The number of hydrogen-bond acceptors (Lipinski definition) is 3. The monoisotopic (exact) mass is 383 g/mol. The number of fused-ring (bicyclic) bond motifs is 1. The van der Waals surface area contributed by atoms with E-state index in [0.717, 1.165) is 25.7 Å². The fourth-order valence-corrected chi connectivity index (χ4v) is 3.38. The number of carbonyl (C=O) groups excluding carboxylic acids is 2. The summed E-state index contributed by atoms with van der Waals surface area (Å²) in [7, 11) is 0. The van der Waals surface area contributed by atoms with Crippen molar-refractivity contribution in [1.29, 1.82) is 0 Å². The second-order valence-corrected chi connectivity index (χ2v) is 6.83. The van der Waals surface area contributed by atoms with Crippen molar-refractivity contribution in [2.75, 3.05) is 11.4 Å². The number of anilines is 1. The molecule has 0 saturated heterocycles. The number of hydrazone groups is 1. The van der Waals surface area contributed by atoms with Gasteiger partial charge in [-0.1, -0.05) is 68.1 Å². The average molecular weight is 384 g/mol. The third-order valence-electron chi connectivity index (χ3n) is 4.50. The van der Waals surface area contributed by atoms with E-state index in [9.17, 15) is 9.59 Å². The van der Waals surface area contributed by atoms with Crippen molar-refractivity contribution in [3.8, 4) is 0 Å². The van der Waals surface area contributed by atoms with E-state index in [-0.39, 0.29) is 17.5 Å². The van der Waals surface area contributed by atoms with Crippen molar-refractivity contribution in [3.63, 3.8) is 0 Å². The van der Waals surface area contributed by atoms with Gasteiger partial charge >= 0.3 is 0 Å². The van der Waals surface area contributed by atoms with Crippen molar-refractivity contribution in [3.05, 3.63) is 64.7 Å². The molecule has 0 atom stereocenters. The van der Waals surface area contributed by atoms with E-state index in [1.54, 1.807) is 47.4 Å². The van der Waals surface area contributed by atoms with E-state index in [1.165, 1.54) is 0 Å². The number of hydrogen-bond donors (Lipinski definition) is 1. The molecule has 140 valence electrons. The predicted octanol–water partition coefficient (Wildman–Crippen LogP) is 4.40. The Morgan fingerprint density at radius 1 is 1.07 bits per heavy atom. The molecule has 1 N–H and O–H groups in total. The molecule has 0 aromatic heterocycles. The molecule has 0 bridgehead atoms. The molecule has 1 aliphatic heterocycles. The maximum Gasteiger partial charge on any atom is 0.279 e. The van der Waals surface area contributed by atoms with Gasteiger partial charge in [0.25, 0.3) is 11.8 Å². The van der Waals surface area contributed by atoms with Crippen LogP contribution in [0.25, 0.3) is 0 Å². The number of benzene rings is 2. The van der Waals surface area contributed by atoms with Crippen LogP contribution in [0.15, 0.2) is 53.6 Å². The average Bonchev–Trinajstić information content (AvgIpc) is 2.96. The van der Waals surface area contributed by atoms with Gasteiger partial charge in [0.05, 0.1) is 10.7 Å². The van der Waals surface area contributed by atoms with Crippen LogP contribution in [0, 0.1) is 0 Å². The molecule has 3 rings (SSSR count). The Morgan fingerprint density at radius 2 is 1.85 bits per heavy atom. The van der Waals surface area contributed by atoms with Gasteiger partial charge in [0.1, 0.15) is 0 Å². The van der Waals surface area contributed by atoms with Crippen LogP contribution < -0.4 is 10.3 Å². The quantitative estimate of drug-likeness (QED) is 0.569. The van der Waals surface area contributed by atoms with Gasteiger partial charge in [0.15, 0.2) is 5.71 Å². The lowest BCUT2D eigenvalue weighted by Gasteiger charge is -2.17. The van der Waals surface area contributed by atoms with Gasteiger partial charge in [-0.25, -0.2) is 5.43 Å². The Kier molecular flexibility index (Phi) is 6.24. The summed E-state index contributed by atoms with van der Waals surface area (Å²) in [6.45, 7) is 2.73. The van der Waals surface area contributed by atoms with Gasteiger partial charge in [-0.05, 0) is 24.6 Å². The highest BCUT2D eigenvalue weighted by molar-refractivity contribution is 6.56. The summed E-state index contributed by atoms with van der Waals surface area (Å²) in [5, 5.41) is 4.64. The Morgan fingerprint density at radius 3 is 2.59 bits per heavy atom. The minimum atomic E-state index is -0.360. The Hall–Kier alpha value is -2.66. The highest BCUT2D eigenvalue weighted by Gasteiger charge is 2.35. The summed E-state index contributed by atoms with van der Waals surface area (Å²) in [6.07, 6.45) is 4.21. The summed E-state index contributed by atoms with van der Waals surface area (Å²) in [5.74, 6) is -0.594. The van der Waals surface area contributed by atoms with E-state index in [0.29, 0.717) is 28.4 Å². The lowest BCUT2D eigenvalue weighted by atomic mass is 10.1. The molecule has 2 aromatic carbocycles. The minimum Gasteiger partial charge on any atom is -0.305 e. The van der Waals surface area contributed by atoms with Gasteiger partial charge in [0.2, 0.25) is 0 Å². The summed E-state index contributed by atoms with van der Waals surface area (Å²) in [4.78, 5) is 26.8. The van der Waals surface area contributed by atoms with Crippen LogP contribution >= 0.6 is 11.6 Å². The van der Waals surface area contributed by atoms with Crippen LogP contribution in [0.2, 0.25) is 5.02 Å². The number of nitrogens with one attached hydrogen (secondary N) is 1. The van der Waals surface area contributed by atoms with E-state index in [2.05, 4.69) is 17.5 Å². The van der Waals surface area contributed by atoms with E-state index in [4.69, 9.17) is 11.6 Å². The first-order valence-corrected chi connectivity index (χ1v) is 9.55. The van der Waals surface area contributed by atoms with Crippen LogP contribution in [0.3, 0.4) is 0 Å². The predicted molar refractivity (Wildman–Crippen MR) is 108 cm³/mol. The minimum absolute atomic E-state index is 0.215. The molecule has 0 unspecified atom stereocenters. The zero-order valence-electron chi connectivity index (χ0n) is 15.2. The highest BCUT2D eigenvalue weighted by Crippen LogP contribution is 2.36. The number of nitrogens with zero attached hydrogens (tertiary/aromatic N) is 2. The van der Waals surface area contributed by atoms with Gasteiger partial charge in [0, 0.05) is 17.7 Å². The maximum absolute atomic E-state index is 12.9. The molecule has 0 spiro atoms. The Balaban J connectivity index is 1.82. The Bertz CT molecular complexity index is 865. The molecule has 0 radical (unpaired) electrons. The molecule has 5 nitrogen and oxygen atoms in total. The fraction of sp³-hybridized carbons (Fsp3) is 0.286. The SMILES string of the molecule is CCCCCCN1C(=O)/C(=N\NC(=O)c2ccccc2)c2cccc(Cl)c21. The largest absolute Gasteiger partial charge is 0.305 e. The van der Waals surface area contributed by atoms with E-state index >= 15 is 0 Å². The van der Waals surface area contributed by atoms with Crippen LogP contribution in [0.4, 0.5) is 5.69 Å².